The van der Waals surface area contributed by atoms with Gasteiger partial charge < -0.3 is 10.4 Å². The second kappa shape index (κ2) is 8.18. The van der Waals surface area contributed by atoms with Crippen LogP contribution < -0.4 is 10.7 Å². The average Bonchev–Trinajstić information content (AvgIpc) is 2.96. The molecule has 3 aromatic rings. The smallest absolute Gasteiger partial charge is 0.337 e. The molecule has 0 radical (unpaired) electrons. The molecule has 0 aliphatic carbocycles. The van der Waals surface area contributed by atoms with Crippen LogP contribution in [0.25, 0.3) is 0 Å². The van der Waals surface area contributed by atoms with Crippen LogP contribution in [0.4, 0.5) is 16.5 Å². The fraction of sp³-hybridized carbons (Fsp3) is 0. The first-order chi connectivity index (χ1) is 12.5. The van der Waals surface area contributed by atoms with E-state index in [-0.39, 0.29) is 10.6 Å². The lowest BCUT2D eigenvalue weighted by atomic mass is 10.2. The fourth-order valence-corrected chi connectivity index (χ4v) is 3.26. The van der Waals surface area contributed by atoms with E-state index >= 15 is 0 Å². The van der Waals surface area contributed by atoms with E-state index in [1.165, 1.54) is 29.7 Å². The Morgan fingerprint density at radius 1 is 1.15 bits per heavy atom. The summed E-state index contributed by atoms with van der Waals surface area (Å²) >= 11 is 13.3. The van der Waals surface area contributed by atoms with Gasteiger partial charge in [-0.1, -0.05) is 52.7 Å². The minimum atomic E-state index is -1.11. The number of anilines is 3. The highest BCUT2D eigenvalue weighted by Gasteiger charge is 2.10. The summed E-state index contributed by atoms with van der Waals surface area (Å²) in [6.45, 7) is 0. The van der Waals surface area contributed by atoms with Crippen molar-refractivity contribution in [2.75, 3.05) is 10.7 Å². The second-order valence-electron chi connectivity index (χ2n) is 5.03. The van der Waals surface area contributed by atoms with Gasteiger partial charge in [0.25, 0.3) is 0 Å². The van der Waals surface area contributed by atoms with E-state index in [0.29, 0.717) is 20.8 Å². The number of hydrogen-bond acceptors (Lipinski definition) is 6. The van der Waals surface area contributed by atoms with Crippen LogP contribution in [0, 0.1) is 0 Å². The topological polar surface area (TPSA) is 86.6 Å². The maximum absolute atomic E-state index is 11.1. The molecule has 132 valence electrons. The number of halogens is 2. The molecule has 0 saturated heterocycles. The quantitative estimate of drug-likeness (QED) is 0.379. The first-order valence-corrected chi connectivity index (χ1v) is 8.90. The van der Waals surface area contributed by atoms with Gasteiger partial charge in [-0.15, -0.1) is 0 Å². The molecule has 1 aromatic heterocycles. The number of benzene rings is 2. The van der Waals surface area contributed by atoms with E-state index in [1.807, 2.05) is 30.3 Å². The molecule has 0 atom stereocenters. The maximum Gasteiger partial charge on any atom is 0.337 e. The van der Waals surface area contributed by atoms with Crippen LogP contribution in [-0.2, 0) is 0 Å². The van der Waals surface area contributed by atoms with Crippen molar-refractivity contribution in [1.29, 1.82) is 0 Å². The summed E-state index contributed by atoms with van der Waals surface area (Å²) in [6, 6.07) is 14.1. The van der Waals surface area contributed by atoms with Crippen LogP contribution >= 0.6 is 34.5 Å². The highest BCUT2D eigenvalue weighted by atomic mass is 35.5. The van der Waals surface area contributed by atoms with Crippen molar-refractivity contribution in [3.05, 3.63) is 69.1 Å². The maximum atomic E-state index is 11.1. The van der Waals surface area contributed by atoms with Gasteiger partial charge in [0.2, 0.25) is 0 Å². The Labute approximate surface area is 163 Å². The van der Waals surface area contributed by atoms with Crippen LogP contribution in [0.15, 0.2) is 53.6 Å². The van der Waals surface area contributed by atoms with Gasteiger partial charge in [-0.25, -0.2) is 9.78 Å². The Morgan fingerprint density at radius 3 is 2.65 bits per heavy atom. The summed E-state index contributed by atoms with van der Waals surface area (Å²) in [5.74, 6) is -1.11. The molecule has 26 heavy (non-hydrogen) atoms. The first kappa shape index (κ1) is 18.2. The minimum Gasteiger partial charge on any atom is -0.478 e. The zero-order chi connectivity index (χ0) is 18.5. The van der Waals surface area contributed by atoms with Crippen LogP contribution in [0.3, 0.4) is 0 Å². The lowest BCUT2D eigenvalue weighted by Gasteiger charge is -2.03. The molecule has 0 unspecified atom stereocenters. The molecule has 3 rings (SSSR count). The van der Waals surface area contributed by atoms with Crippen LogP contribution in [-0.4, -0.2) is 22.3 Å². The van der Waals surface area contributed by atoms with Gasteiger partial charge in [0.05, 0.1) is 27.4 Å². The summed E-state index contributed by atoms with van der Waals surface area (Å²) < 4.78 is 0. The monoisotopic (exact) mass is 406 g/mol. The highest BCUT2D eigenvalue weighted by molar-refractivity contribution is 7.17. The van der Waals surface area contributed by atoms with Crippen molar-refractivity contribution in [2.24, 2.45) is 5.10 Å². The number of hydrazone groups is 1. The number of carbonyl (C=O) groups is 1. The summed E-state index contributed by atoms with van der Waals surface area (Å²) in [5.41, 5.74) is 4.14. The van der Waals surface area contributed by atoms with Crippen LogP contribution in [0.1, 0.15) is 15.2 Å². The summed E-state index contributed by atoms with van der Waals surface area (Å²) in [5, 5.41) is 17.4. The fourth-order valence-electron chi connectivity index (χ4n) is 2.02. The standard InChI is InChI=1S/C17H12Cl2N4O2S/c18-13-7-6-11(8-12(13)16(24)25)23-20-9-14-15(19)22-17(26-14)21-10-4-2-1-3-5-10/h1-9,23H,(H,21,22)(H,24,25). The van der Waals surface area contributed by atoms with Crippen molar-refractivity contribution >= 4 is 63.2 Å². The number of aromatic nitrogens is 1. The van der Waals surface area contributed by atoms with Crippen molar-refractivity contribution in [3.63, 3.8) is 0 Å². The van der Waals surface area contributed by atoms with E-state index < -0.39 is 5.97 Å². The molecular weight excluding hydrogens is 395 g/mol. The van der Waals surface area contributed by atoms with Crippen molar-refractivity contribution in [3.8, 4) is 0 Å². The van der Waals surface area contributed by atoms with Gasteiger partial charge in [-0.2, -0.15) is 5.10 Å². The molecule has 0 aliphatic heterocycles. The van der Waals surface area contributed by atoms with Gasteiger partial charge in [0.1, 0.15) is 0 Å². The van der Waals surface area contributed by atoms with Crippen LogP contribution in [0.5, 0.6) is 0 Å². The molecule has 0 bridgehead atoms. The van der Waals surface area contributed by atoms with E-state index in [1.54, 1.807) is 6.07 Å². The third-order valence-electron chi connectivity index (χ3n) is 3.21. The summed E-state index contributed by atoms with van der Waals surface area (Å²) in [7, 11) is 0. The molecule has 9 heteroatoms. The predicted molar refractivity (Wildman–Crippen MR) is 106 cm³/mol. The zero-order valence-electron chi connectivity index (χ0n) is 13.1. The van der Waals surface area contributed by atoms with Gasteiger partial charge in [-0.3, -0.25) is 5.43 Å². The summed E-state index contributed by atoms with van der Waals surface area (Å²) in [4.78, 5) is 16.0. The lowest BCUT2D eigenvalue weighted by molar-refractivity contribution is 0.0697. The molecule has 0 spiro atoms. The van der Waals surface area contributed by atoms with Gasteiger partial charge in [0, 0.05) is 5.69 Å². The number of para-hydroxylation sites is 1. The number of rotatable bonds is 6. The van der Waals surface area contributed by atoms with E-state index in [2.05, 4.69) is 20.8 Å². The number of carboxylic acid groups (broad SMARTS) is 1. The average molecular weight is 407 g/mol. The largest absolute Gasteiger partial charge is 0.478 e. The van der Waals surface area contributed by atoms with Crippen molar-refractivity contribution in [2.45, 2.75) is 0 Å². The normalized spacial score (nSPS) is 10.8. The van der Waals surface area contributed by atoms with Crippen molar-refractivity contribution in [1.82, 2.24) is 4.98 Å². The van der Waals surface area contributed by atoms with E-state index in [4.69, 9.17) is 28.3 Å². The molecule has 0 amide bonds. The van der Waals surface area contributed by atoms with Gasteiger partial charge in [-0.05, 0) is 30.3 Å². The molecule has 0 saturated carbocycles. The van der Waals surface area contributed by atoms with E-state index in [0.717, 1.165) is 5.69 Å². The molecule has 2 aromatic carbocycles. The van der Waals surface area contributed by atoms with Gasteiger partial charge >= 0.3 is 5.97 Å². The molecule has 1 heterocycles. The highest BCUT2D eigenvalue weighted by Crippen LogP contribution is 2.28. The summed E-state index contributed by atoms with van der Waals surface area (Å²) in [6.07, 6.45) is 1.52. The Bertz CT molecular complexity index is 961. The number of aromatic carboxylic acids is 1. The Morgan fingerprint density at radius 2 is 1.92 bits per heavy atom. The molecule has 6 nitrogen and oxygen atoms in total. The SMILES string of the molecule is O=C(O)c1cc(NN=Cc2sc(Nc3ccccc3)nc2Cl)ccc1Cl. The number of nitrogens with one attached hydrogen (secondary N) is 2. The molecule has 0 aliphatic rings. The number of carboxylic acids is 1. The van der Waals surface area contributed by atoms with E-state index in [9.17, 15) is 4.79 Å². The number of nitrogens with zero attached hydrogens (tertiary/aromatic N) is 2. The first-order valence-electron chi connectivity index (χ1n) is 7.33. The number of hydrogen-bond donors (Lipinski definition) is 3. The Hall–Kier alpha value is -2.61. The number of thiazole rings is 1. The second-order valence-corrected chi connectivity index (χ2v) is 6.83. The molecule has 0 fully saturated rings. The Balaban J connectivity index is 1.69. The van der Waals surface area contributed by atoms with Crippen molar-refractivity contribution < 1.29 is 9.90 Å². The van der Waals surface area contributed by atoms with Gasteiger partial charge in [0.15, 0.2) is 10.3 Å². The van der Waals surface area contributed by atoms with Crippen LogP contribution in [0.2, 0.25) is 10.2 Å². The Kier molecular flexibility index (Phi) is 5.72. The lowest BCUT2D eigenvalue weighted by Crippen LogP contribution is -1.99. The predicted octanol–water partition coefficient (Wildman–Crippen LogP) is 5.34. The third-order valence-corrected chi connectivity index (χ3v) is 4.84. The minimum absolute atomic E-state index is 0.00274. The molecular formula is C17H12Cl2N4O2S. The zero-order valence-corrected chi connectivity index (χ0v) is 15.4. The molecule has 3 N–H and O–H groups in total. The third kappa shape index (κ3) is 4.51.